The van der Waals surface area contributed by atoms with Crippen molar-refractivity contribution in [2.45, 2.75) is 6.92 Å². The van der Waals surface area contributed by atoms with Gasteiger partial charge in [0, 0.05) is 34.5 Å². The maximum atomic E-state index is 12.7. The molecule has 1 heterocycles. The molecule has 3 aromatic carbocycles. The lowest BCUT2D eigenvalue weighted by Crippen LogP contribution is -2.14. The van der Waals surface area contributed by atoms with E-state index in [1.807, 2.05) is 19.1 Å². The highest BCUT2D eigenvalue weighted by Crippen LogP contribution is 2.28. The van der Waals surface area contributed by atoms with Crippen LogP contribution in [0.15, 0.2) is 72.8 Å². The molecular weight excluding hydrogens is 442 g/mol. The van der Waals surface area contributed by atoms with E-state index in [4.69, 9.17) is 0 Å². The molecule has 1 aromatic heterocycles. The van der Waals surface area contributed by atoms with Crippen LogP contribution in [0.5, 0.6) is 0 Å². The van der Waals surface area contributed by atoms with Crippen molar-refractivity contribution in [3.8, 4) is 10.6 Å². The number of aromatic nitrogens is 2. The largest absolute Gasteiger partial charge is 0.322 e. The molecule has 0 aliphatic carbocycles. The van der Waals surface area contributed by atoms with Gasteiger partial charge in [0.05, 0.1) is 4.92 Å². The Morgan fingerprint density at radius 1 is 0.879 bits per heavy atom. The molecule has 0 unspecified atom stereocenters. The van der Waals surface area contributed by atoms with Gasteiger partial charge in [-0.15, -0.1) is 10.2 Å². The van der Waals surface area contributed by atoms with E-state index in [9.17, 15) is 19.7 Å². The van der Waals surface area contributed by atoms with Gasteiger partial charge < -0.3 is 5.32 Å². The Kier molecular flexibility index (Phi) is 6.18. The first-order valence-corrected chi connectivity index (χ1v) is 10.6. The molecule has 164 valence electrons. The monoisotopic (exact) mass is 459 g/mol. The SMILES string of the molecule is Cc1ccc(C(=O)Nc2cccc(C(=O)Nc3nnc(-c4ccc([N+](=O)[O-])cc4)s3)c2)cc1. The van der Waals surface area contributed by atoms with E-state index in [0.717, 1.165) is 16.9 Å². The predicted octanol–water partition coefficient (Wildman–Crippen LogP) is 4.93. The first-order chi connectivity index (χ1) is 15.9. The number of anilines is 2. The van der Waals surface area contributed by atoms with E-state index in [1.165, 1.54) is 12.1 Å². The van der Waals surface area contributed by atoms with Crippen LogP contribution in [0.2, 0.25) is 0 Å². The number of non-ortho nitro benzene ring substituents is 1. The molecule has 0 spiro atoms. The number of nitrogens with zero attached hydrogens (tertiary/aromatic N) is 3. The summed E-state index contributed by atoms with van der Waals surface area (Å²) in [5, 5.41) is 25.0. The normalized spacial score (nSPS) is 10.5. The van der Waals surface area contributed by atoms with Gasteiger partial charge in [-0.2, -0.15) is 0 Å². The van der Waals surface area contributed by atoms with Crippen molar-refractivity contribution in [1.29, 1.82) is 0 Å². The summed E-state index contributed by atoms with van der Waals surface area (Å²) in [4.78, 5) is 35.4. The number of amides is 2. The highest BCUT2D eigenvalue weighted by Gasteiger charge is 2.14. The van der Waals surface area contributed by atoms with Crippen LogP contribution in [0.1, 0.15) is 26.3 Å². The third-order valence-electron chi connectivity index (χ3n) is 4.67. The van der Waals surface area contributed by atoms with E-state index in [-0.39, 0.29) is 16.7 Å². The summed E-state index contributed by atoms with van der Waals surface area (Å²) in [5.74, 6) is -0.683. The highest BCUT2D eigenvalue weighted by atomic mass is 32.1. The number of carbonyl (C=O) groups is 2. The third-order valence-corrected chi connectivity index (χ3v) is 5.55. The Morgan fingerprint density at radius 3 is 2.27 bits per heavy atom. The predicted molar refractivity (Wildman–Crippen MR) is 126 cm³/mol. The molecule has 2 N–H and O–H groups in total. The maximum Gasteiger partial charge on any atom is 0.269 e. The van der Waals surface area contributed by atoms with Crippen LogP contribution in [0.4, 0.5) is 16.5 Å². The number of aryl methyl sites for hydroxylation is 1. The standard InChI is InChI=1S/C23H17N5O4S/c1-14-5-7-15(8-6-14)20(29)24-18-4-2-3-17(13-18)21(30)25-23-27-26-22(33-23)16-9-11-19(12-10-16)28(31)32/h2-13H,1H3,(H,24,29)(H,25,27,30). The summed E-state index contributed by atoms with van der Waals surface area (Å²) in [5.41, 5.74) is 3.02. The molecule has 33 heavy (non-hydrogen) atoms. The van der Waals surface area contributed by atoms with Crippen LogP contribution >= 0.6 is 11.3 Å². The number of rotatable bonds is 6. The Hall–Kier alpha value is -4.44. The topological polar surface area (TPSA) is 127 Å². The van der Waals surface area contributed by atoms with Crippen molar-refractivity contribution < 1.29 is 14.5 Å². The van der Waals surface area contributed by atoms with Gasteiger partial charge in [-0.3, -0.25) is 25.0 Å². The second kappa shape index (κ2) is 9.37. The van der Waals surface area contributed by atoms with Gasteiger partial charge >= 0.3 is 0 Å². The number of carbonyl (C=O) groups excluding carboxylic acids is 2. The van der Waals surface area contributed by atoms with Crippen molar-refractivity contribution in [3.63, 3.8) is 0 Å². The van der Waals surface area contributed by atoms with Crippen molar-refractivity contribution in [3.05, 3.63) is 99.6 Å². The zero-order valence-electron chi connectivity index (χ0n) is 17.3. The summed E-state index contributed by atoms with van der Waals surface area (Å²) in [6.45, 7) is 1.94. The fourth-order valence-electron chi connectivity index (χ4n) is 2.93. The lowest BCUT2D eigenvalue weighted by Gasteiger charge is -2.07. The van der Waals surface area contributed by atoms with Crippen LogP contribution in [0, 0.1) is 17.0 Å². The summed E-state index contributed by atoms with van der Waals surface area (Å²) < 4.78 is 0. The molecule has 0 atom stereocenters. The average Bonchev–Trinajstić information content (AvgIpc) is 3.28. The fraction of sp³-hybridized carbons (Fsp3) is 0.0435. The molecule has 10 heteroatoms. The number of benzene rings is 3. The molecule has 0 radical (unpaired) electrons. The van der Waals surface area contributed by atoms with Crippen molar-refractivity contribution in [2.75, 3.05) is 10.6 Å². The van der Waals surface area contributed by atoms with E-state index in [0.29, 0.717) is 27.4 Å². The molecule has 0 saturated carbocycles. The van der Waals surface area contributed by atoms with E-state index in [1.54, 1.807) is 48.5 Å². The lowest BCUT2D eigenvalue weighted by atomic mass is 10.1. The first kappa shape index (κ1) is 21.8. The smallest absolute Gasteiger partial charge is 0.269 e. The summed E-state index contributed by atoms with van der Waals surface area (Å²) in [7, 11) is 0. The number of nitro benzene ring substituents is 1. The van der Waals surface area contributed by atoms with Crippen molar-refractivity contribution >= 4 is 39.7 Å². The van der Waals surface area contributed by atoms with E-state index in [2.05, 4.69) is 20.8 Å². The van der Waals surface area contributed by atoms with Gasteiger partial charge in [-0.05, 0) is 49.4 Å². The molecule has 0 aliphatic heterocycles. The van der Waals surface area contributed by atoms with Crippen LogP contribution < -0.4 is 10.6 Å². The Balaban J connectivity index is 1.43. The number of hydrogen-bond donors (Lipinski definition) is 2. The van der Waals surface area contributed by atoms with E-state index < -0.39 is 10.8 Å². The van der Waals surface area contributed by atoms with Crippen LogP contribution in [-0.4, -0.2) is 26.9 Å². The summed E-state index contributed by atoms with van der Waals surface area (Å²) >= 11 is 1.14. The van der Waals surface area contributed by atoms with Crippen molar-refractivity contribution in [2.24, 2.45) is 0 Å². The number of nitro groups is 1. The molecule has 0 bridgehead atoms. The van der Waals surface area contributed by atoms with Crippen LogP contribution in [-0.2, 0) is 0 Å². The summed E-state index contributed by atoms with van der Waals surface area (Å²) in [6, 6.07) is 19.6. The molecule has 4 rings (SSSR count). The Labute approximate surface area is 192 Å². The van der Waals surface area contributed by atoms with Gasteiger partial charge in [0.1, 0.15) is 5.01 Å². The molecule has 2 amide bonds. The maximum absolute atomic E-state index is 12.7. The molecule has 0 fully saturated rings. The number of hydrogen-bond acceptors (Lipinski definition) is 7. The molecule has 9 nitrogen and oxygen atoms in total. The van der Waals surface area contributed by atoms with Gasteiger partial charge in [0.25, 0.3) is 17.5 Å². The van der Waals surface area contributed by atoms with Crippen LogP contribution in [0.3, 0.4) is 0 Å². The van der Waals surface area contributed by atoms with E-state index >= 15 is 0 Å². The van der Waals surface area contributed by atoms with Gasteiger partial charge in [-0.1, -0.05) is 35.1 Å². The Bertz CT molecular complexity index is 1330. The number of nitrogens with one attached hydrogen (secondary N) is 2. The minimum atomic E-state index is -0.479. The molecular formula is C23H17N5O4S. The zero-order chi connectivity index (χ0) is 23.4. The minimum Gasteiger partial charge on any atom is -0.322 e. The lowest BCUT2D eigenvalue weighted by molar-refractivity contribution is -0.384. The fourth-order valence-corrected chi connectivity index (χ4v) is 3.68. The zero-order valence-corrected chi connectivity index (χ0v) is 18.1. The van der Waals surface area contributed by atoms with Gasteiger partial charge in [-0.25, -0.2) is 0 Å². The van der Waals surface area contributed by atoms with Crippen molar-refractivity contribution in [1.82, 2.24) is 10.2 Å². The minimum absolute atomic E-state index is 0.0221. The molecule has 0 saturated heterocycles. The molecule has 0 aliphatic rings. The second-order valence-electron chi connectivity index (χ2n) is 7.07. The second-order valence-corrected chi connectivity index (χ2v) is 8.05. The third kappa shape index (κ3) is 5.25. The van der Waals surface area contributed by atoms with Gasteiger partial charge in [0.15, 0.2) is 0 Å². The first-order valence-electron chi connectivity index (χ1n) is 9.77. The highest BCUT2D eigenvalue weighted by molar-refractivity contribution is 7.18. The summed E-state index contributed by atoms with van der Waals surface area (Å²) in [6.07, 6.45) is 0. The van der Waals surface area contributed by atoms with Gasteiger partial charge in [0.2, 0.25) is 5.13 Å². The van der Waals surface area contributed by atoms with Crippen LogP contribution in [0.25, 0.3) is 10.6 Å². The average molecular weight is 459 g/mol. The molecule has 4 aromatic rings. The Morgan fingerprint density at radius 2 is 1.58 bits per heavy atom. The quantitative estimate of drug-likeness (QED) is 0.311.